The average Bonchev–Trinajstić information content (AvgIpc) is 3.06. The Kier molecular flexibility index (Phi) is 5.35. The molecule has 24 heavy (non-hydrogen) atoms. The summed E-state index contributed by atoms with van der Waals surface area (Å²) < 4.78 is 4.46. The van der Waals surface area contributed by atoms with E-state index in [9.17, 15) is 30.2 Å². The third kappa shape index (κ3) is 3.46. The number of rotatable bonds is 8. The fourth-order valence-corrected chi connectivity index (χ4v) is 1.94. The third-order valence-electron chi connectivity index (χ3n) is 3.28. The summed E-state index contributed by atoms with van der Waals surface area (Å²) in [6.45, 7) is -1.30. The summed E-state index contributed by atoms with van der Waals surface area (Å²) in [6.07, 6.45) is -5.45. The van der Waals surface area contributed by atoms with Gasteiger partial charge in [0.05, 0.1) is 23.8 Å². The molecule has 1 aromatic carbocycles. The lowest BCUT2D eigenvalue weighted by Gasteiger charge is -2.20. The molecule has 0 saturated heterocycles. The monoisotopic (exact) mass is 342 g/mol. The number of carbonyl (C=O) groups excluding carboxylic acids is 1. The number of nitrogens with zero attached hydrogens (tertiary/aromatic N) is 3. The quantitative estimate of drug-likeness (QED) is 0.268. The van der Waals surface area contributed by atoms with E-state index in [1.807, 2.05) is 0 Å². The van der Waals surface area contributed by atoms with E-state index in [4.69, 9.17) is 5.11 Å². The summed E-state index contributed by atoms with van der Waals surface area (Å²) in [5, 5.41) is 57.3. The van der Waals surface area contributed by atoms with Crippen LogP contribution in [0.1, 0.15) is 0 Å². The Balaban J connectivity index is 2.11. The van der Waals surface area contributed by atoms with Gasteiger partial charge < -0.3 is 25.7 Å². The van der Waals surface area contributed by atoms with Crippen LogP contribution in [-0.2, 0) is 4.79 Å². The molecular formula is C12H14N4O8. The van der Waals surface area contributed by atoms with Crippen molar-refractivity contribution >= 4 is 28.2 Å². The zero-order valence-corrected chi connectivity index (χ0v) is 12.1. The van der Waals surface area contributed by atoms with Gasteiger partial charge in [-0.3, -0.25) is 14.9 Å². The van der Waals surface area contributed by atoms with Gasteiger partial charge in [-0.15, -0.1) is 0 Å². The van der Waals surface area contributed by atoms with Crippen LogP contribution in [0.25, 0.3) is 11.0 Å². The van der Waals surface area contributed by atoms with Crippen molar-refractivity contribution in [2.45, 2.75) is 18.3 Å². The van der Waals surface area contributed by atoms with Gasteiger partial charge in [0.25, 0.3) is 0 Å². The molecule has 1 aromatic heterocycles. The predicted octanol–water partition coefficient (Wildman–Crippen LogP) is -1.81. The summed E-state index contributed by atoms with van der Waals surface area (Å²) >= 11 is 0. The van der Waals surface area contributed by atoms with Gasteiger partial charge in [-0.25, -0.2) is 4.63 Å². The summed E-state index contributed by atoms with van der Waals surface area (Å²) in [6, 6.07) is 2.42. The van der Waals surface area contributed by atoms with Gasteiger partial charge >= 0.3 is 5.69 Å². The van der Waals surface area contributed by atoms with Crippen LogP contribution in [0.4, 0.5) is 11.4 Å². The van der Waals surface area contributed by atoms with E-state index < -0.39 is 42.2 Å². The molecule has 3 unspecified atom stereocenters. The van der Waals surface area contributed by atoms with Gasteiger partial charge in [0.1, 0.15) is 18.3 Å². The Labute approximate surface area is 133 Å². The number of anilines is 1. The van der Waals surface area contributed by atoms with Gasteiger partial charge in [0, 0.05) is 6.07 Å². The highest BCUT2D eigenvalue weighted by molar-refractivity contribution is 5.95. The van der Waals surface area contributed by atoms with E-state index >= 15 is 0 Å². The molecule has 130 valence electrons. The van der Waals surface area contributed by atoms with Crippen LogP contribution in [0.15, 0.2) is 16.8 Å². The zero-order chi connectivity index (χ0) is 17.9. The van der Waals surface area contributed by atoms with Crippen molar-refractivity contribution in [3.63, 3.8) is 0 Å². The predicted molar refractivity (Wildman–Crippen MR) is 77.1 cm³/mol. The van der Waals surface area contributed by atoms with Gasteiger partial charge in [0.15, 0.2) is 11.3 Å². The molecule has 0 bridgehead atoms. The van der Waals surface area contributed by atoms with Crippen LogP contribution in [0, 0.1) is 10.1 Å². The van der Waals surface area contributed by atoms with Crippen LogP contribution in [0.5, 0.6) is 0 Å². The zero-order valence-electron chi connectivity index (χ0n) is 12.1. The maximum atomic E-state index is 11.8. The number of aromatic nitrogens is 2. The van der Waals surface area contributed by atoms with E-state index in [2.05, 4.69) is 20.3 Å². The molecule has 2 rings (SSSR count). The number of hydrogen-bond acceptors (Lipinski definition) is 11. The van der Waals surface area contributed by atoms with E-state index in [0.717, 1.165) is 6.07 Å². The number of aliphatic hydroxyl groups excluding tert-OH is 4. The number of carbonyl (C=O) groups is 1. The lowest BCUT2D eigenvalue weighted by molar-refractivity contribution is -0.383. The Bertz CT molecular complexity index is 748. The molecule has 0 aliphatic heterocycles. The molecule has 3 atom stereocenters. The van der Waals surface area contributed by atoms with E-state index in [0.29, 0.717) is 0 Å². The van der Waals surface area contributed by atoms with Crippen molar-refractivity contribution < 1.29 is 34.8 Å². The van der Waals surface area contributed by atoms with Crippen LogP contribution in [0.2, 0.25) is 0 Å². The van der Waals surface area contributed by atoms with Crippen molar-refractivity contribution in [3.8, 4) is 0 Å². The number of nitro benzene ring substituents is 1. The van der Waals surface area contributed by atoms with Crippen LogP contribution >= 0.6 is 0 Å². The molecule has 0 spiro atoms. The highest BCUT2D eigenvalue weighted by atomic mass is 16.6. The van der Waals surface area contributed by atoms with E-state index in [-0.39, 0.29) is 22.4 Å². The van der Waals surface area contributed by atoms with Crippen LogP contribution in [-0.4, -0.2) is 72.9 Å². The van der Waals surface area contributed by atoms with Crippen LogP contribution in [0.3, 0.4) is 0 Å². The molecule has 12 nitrogen and oxygen atoms in total. The molecule has 0 aliphatic carbocycles. The Morgan fingerprint density at radius 2 is 1.96 bits per heavy atom. The summed E-state index contributed by atoms with van der Waals surface area (Å²) in [5.41, 5.74) is -0.240. The standard InChI is InChI=1S/C12H14N4O8/c17-4-8(19)12(21)11(20)7(18)3-13-5-1-2-6(16(22)23)10-9(5)14-24-15-10/h1-2,8,11-13,17,19-21H,3-4H2. The molecule has 2 aromatic rings. The number of Topliss-reactive ketones (excluding diaryl/α,β-unsaturated/α-hetero) is 1. The van der Waals surface area contributed by atoms with E-state index in [1.54, 1.807) is 0 Å². The molecule has 1 heterocycles. The van der Waals surface area contributed by atoms with Crippen molar-refractivity contribution in [1.29, 1.82) is 0 Å². The summed E-state index contributed by atoms with van der Waals surface area (Å²) in [5.74, 6) is -0.877. The van der Waals surface area contributed by atoms with Gasteiger partial charge in [0.2, 0.25) is 5.52 Å². The molecule has 5 N–H and O–H groups in total. The smallest absolute Gasteiger partial charge is 0.300 e. The number of non-ortho nitro benzene ring substituents is 1. The lowest BCUT2D eigenvalue weighted by Crippen LogP contribution is -2.45. The number of aliphatic hydroxyl groups is 4. The fraction of sp³-hybridized carbons (Fsp3) is 0.417. The molecule has 0 amide bonds. The maximum absolute atomic E-state index is 11.8. The van der Waals surface area contributed by atoms with E-state index in [1.165, 1.54) is 6.07 Å². The lowest BCUT2D eigenvalue weighted by atomic mass is 10.0. The van der Waals surface area contributed by atoms with Crippen LogP contribution < -0.4 is 5.32 Å². The minimum atomic E-state index is -1.93. The highest BCUT2D eigenvalue weighted by Gasteiger charge is 2.29. The van der Waals surface area contributed by atoms with Crippen molar-refractivity contribution in [3.05, 3.63) is 22.2 Å². The minimum Gasteiger partial charge on any atom is -0.394 e. The average molecular weight is 342 g/mol. The number of ketones is 1. The topological polar surface area (TPSA) is 192 Å². The second-order valence-corrected chi connectivity index (χ2v) is 4.86. The number of benzene rings is 1. The molecule has 0 radical (unpaired) electrons. The molecule has 12 heteroatoms. The number of nitrogens with one attached hydrogen (secondary N) is 1. The van der Waals surface area contributed by atoms with Crippen molar-refractivity contribution in [2.75, 3.05) is 18.5 Å². The molecule has 0 saturated carbocycles. The number of hydrogen-bond donors (Lipinski definition) is 5. The second kappa shape index (κ2) is 7.27. The first kappa shape index (κ1) is 17.7. The molecule has 0 fully saturated rings. The first-order chi connectivity index (χ1) is 11.4. The highest BCUT2D eigenvalue weighted by Crippen LogP contribution is 2.28. The summed E-state index contributed by atoms with van der Waals surface area (Å²) in [4.78, 5) is 22.0. The Hall–Kier alpha value is -2.67. The SMILES string of the molecule is O=C(CNc1ccc([N+](=O)[O-])c2nonc12)C(O)C(O)C(O)CO. The first-order valence-corrected chi connectivity index (χ1v) is 6.68. The van der Waals surface area contributed by atoms with Crippen molar-refractivity contribution in [2.24, 2.45) is 0 Å². The Morgan fingerprint density at radius 1 is 1.29 bits per heavy atom. The maximum Gasteiger partial charge on any atom is 0.300 e. The Morgan fingerprint density at radius 3 is 2.58 bits per heavy atom. The van der Waals surface area contributed by atoms with Crippen molar-refractivity contribution in [1.82, 2.24) is 10.3 Å². The van der Waals surface area contributed by atoms with Gasteiger partial charge in [-0.05, 0) is 16.4 Å². The number of fused-ring (bicyclic) bond motifs is 1. The molecular weight excluding hydrogens is 328 g/mol. The second-order valence-electron chi connectivity index (χ2n) is 4.86. The first-order valence-electron chi connectivity index (χ1n) is 6.68. The minimum absolute atomic E-state index is 0.0161. The fourth-order valence-electron chi connectivity index (χ4n) is 1.94. The molecule has 0 aliphatic rings. The third-order valence-corrected chi connectivity index (χ3v) is 3.28. The normalized spacial score (nSPS) is 15.0. The summed E-state index contributed by atoms with van der Waals surface area (Å²) in [7, 11) is 0. The van der Waals surface area contributed by atoms with Gasteiger partial charge in [-0.1, -0.05) is 0 Å². The number of nitro groups is 1. The largest absolute Gasteiger partial charge is 0.394 e. The van der Waals surface area contributed by atoms with Gasteiger partial charge in [-0.2, -0.15) is 0 Å².